The first kappa shape index (κ1) is 65.7. The fraction of sp³-hybridized carbons (Fsp3) is 0.793. The third-order valence-electron chi connectivity index (χ3n) is 12.2. The van der Waals surface area contributed by atoms with Crippen LogP contribution in [0.3, 0.4) is 0 Å². The summed E-state index contributed by atoms with van der Waals surface area (Å²) in [5, 5.41) is 3.01. The van der Waals surface area contributed by atoms with Crippen LogP contribution >= 0.6 is 7.82 Å². The average Bonchev–Trinajstić information content (AvgIpc) is 3.29. The van der Waals surface area contributed by atoms with Crippen LogP contribution in [0.5, 0.6) is 0 Å². The fourth-order valence-corrected chi connectivity index (χ4v) is 8.59. The Kier molecular flexibility index (Phi) is 46.7. The number of hydrogen-bond acceptors (Lipinski definition) is 7. The first-order valence-corrected chi connectivity index (χ1v) is 29.6. The molecule has 9 nitrogen and oxygen atoms in total. The predicted octanol–water partition coefficient (Wildman–Crippen LogP) is 16.1. The smallest absolute Gasteiger partial charge is 0.306 e. The lowest BCUT2D eigenvalue weighted by Crippen LogP contribution is -2.47. The lowest BCUT2D eigenvalue weighted by Gasteiger charge is -2.30. The summed E-state index contributed by atoms with van der Waals surface area (Å²) in [6, 6.07) is -0.898. The molecule has 3 atom stereocenters. The quantitative estimate of drug-likeness (QED) is 0.0161. The van der Waals surface area contributed by atoms with Crippen LogP contribution < -0.4 is 10.2 Å². The average molecular weight is 975 g/mol. The normalized spacial score (nSPS) is 14.3. The minimum Gasteiger partial charge on any atom is -0.756 e. The molecule has 10 heteroatoms. The number of rotatable bonds is 50. The van der Waals surface area contributed by atoms with Gasteiger partial charge in [-0.05, 0) is 76.7 Å². The third kappa shape index (κ3) is 48.7. The topological polar surface area (TPSA) is 114 Å². The Labute approximate surface area is 420 Å². The summed E-state index contributed by atoms with van der Waals surface area (Å²) < 4.78 is 30.2. The molecular formula is C58H107N2O7P. The number of nitrogens with zero attached hydrogens (tertiary/aromatic N) is 1. The highest BCUT2D eigenvalue weighted by atomic mass is 31.2. The molecule has 1 amide bonds. The van der Waals surface area contributed by atoms with E-state index in [1.807, 2.05) is 39.4 Å². The highest BCUT2D eigenvalue weighted by Crippen LogP contribution is 2.38. The predicted molar refractivity (Wildman–Crippen MR) is 289 cm³/mol. The molecule has 0 rings (SSSR count). The third-order valence-corrected chi connectivity index (χ3v) is 13.2. The number of amides is 1. The minimum absolute atomic E-state index is 0.0280. The first-order chi connectivity index (χ1) is 32.9. The number of phosphoric acid groups is 1. The van der Waals surface area contributed by atoms with E-state index in [0.29, 0.717) is 23.9 Å². The highest BCUT2D eigenvalue weighted by molar-refractivity contribution is 7.45. The number of esters is 1. The van der Waals surface area contributed by atoms with Crippen LogP contribution in [-0.4, -0.2) is 69.4 Å². The molecule has 0 aliphatic rings. The molecule has 0 fully saturated rings. The molecule has 0 heterocycles. The molecule has 0 radical (unpaired) electrons. The van der Waals surface area contributed by atoms with Crippen LogP contribution in [-0.2, 0) is 27.9 Å². The van der Waals surface area contributed by atoms with Crippen LogP contribution in [0.2, 0.25) is 0 Å². The SMILES string of the molecule is CC/C=C/C=C/C=C\CCCCCCCC(=O)OC(/C=C\CCCCCCCCCCCC)C(COP(=O)([O-])OCC[N+](C)(C)C)NC(=O)CCCCCCCCC/C=C/CCCCCCCC. The van der Waals surface area contributed by atoms with Crippen molar-refractivity contribution >= 4 is 19.7 Å². The van der Waals surface area contributed by atoms with Gasteiger partial charge in [0.2, 0.25) is 5.91 Å². The van der Waals surface area contributed by atoms with Crippen LogP contribution in [0.1, 0.15) is 245 Å². The Morgan fingerprint density at radius 3 is 1.44 bits per heavy atom. The number of carbonyl (C=O) groups is 2. The van der Waals surface area contributed by atoms with Gasteiger partial charge in [0.1, 0.15) is 19.3 Å². The fourth-order valence-electron chi connectivity index (χ4n) is 7.87. The van der Waals surface area contributed by atoms with E-state index in [4.69, 9.17) is 13.8 Å². The minimum atomic E-state index is -4.70. The standard InChI is InChI=1S/C58H107N2O7P/c1-7-10-13-16-19-22-25-28-29-30-31-33-35-38-41-44-47-50-57(61)59-55(54-66-68(63,64)65-53-52-60(4,5)6)56(49-46-43-40-37-34-27-24-21-18-15-12-9-3)67-58(62)51-48-45-42-39-36-32-26-23-20-17-14-11-8-2/h11,14,17,20,23,26,28-29,46,49,55-56H,7-10,12-13,15-16,18-19,21-22,24-25,27,30-45,47-48,50-54H2,1-6H3,(H-,59,61,63,64)/b14-11+,20-17+,26-23-,29-28+,49-46-. The van der Waals surface area contributed by atoms with Gasteiger partial charge in [0, 0.05) is 12.8 Å². The Bertz CT molecular complexity index is 1350. The maximum Gasteiger partial charge on any atom is 0.306 e. The van der Waals surface area contributed by atoms with Gasteiger partial charge in [-0.25, -0.2) is 0 Å². The lowest BCUT2D eigenvalue weighted by molar-refractivity contribution is -0.870. The van der Waals surface area contributed by atoms with Gasteiger partial charge in [-0.15, -0.1) is 0 Å². The summed E-state index contributed by atoms with van der Waals surface area (Å²) in [5.41, 5.74) is 0. The van der Waals surface area contributed by atoms with Crippen molar-refractivity contribution in [2.45, 2.75) is 258 Å². The number of allylic oxidation sites excluding steroid dienone is 9. The molecule has 3 unspecified atom stereocenters. The zero-order chi connectivity index (χ0) is 50.1. The Balaban J connectivity index is 5.38. The van der Waals surface area contributed by atoms with E-state index in [0.717, 1.165) is 89.9 Å². The monoisotopic (exact) mass is 975 g/mol. The molecule has 0 aromatic rings. The summed E-state index contributed by atoms with van der Waals surface area (Å²) >= 11 is 0. The molecule has 0 saturated heterocycles. The lowest BCUT2D eigenvalue weighted by atomic mass is 10.0. The second-order valence-corrected chi connectivity index (χ2v) is 21.5. The van der Waals surface area contributed by atoms with Crippen LogP contribution in [0.25, 0.3) is 0 Å². The maximum atomic E-state index is 13.5. The van der Waals surface area contributed by atoms with Gasteiger partial charge in [0.15, 0.2) is 0 Å². The number of nitrogens with one attached hydrogen (secondary N) is 1. The number of ether oxygens (including phenoxy) is 1. The first-order valence-electron chi connectivity index (χ1n) is 28.1. The van der Waals surface area contributed by atoms with E-state index >= 15 is 0 Å². The number of unbranched alkanes of at least 4 members (excludes halogenated alkanes) is 28. The molecule has 1 N–H and O–H groups in total. The van der Waals surface area contributed by atoms with Crippen molar-refractivity contribution < 1.29 is 37.3 Å². The van der Waals surface area contributed by atoms with E-state index in [1.54, 1.807) is 0 Å². The number of likely N-dealkylation sites (N-methyl/N-ethyl adjacent to an activating group) is 1. The summed E-state index contributed by atoms with van der Waals surface area (Å²) in [7, 11) is 1.17. The van der Waals surface area contributed by atoms with Crippen LogP contribution in [0.15, 0.2) is 60.8 Å². The van der Waals surface area contributed by atoms with E-state index < -0.39 is 26.6 Å². The largest absolute Gasteiger partial charge is 0.756 e. The molecule has 396 valence electrons. The molecule has 0 aliphatic heterocycles. The molecule has 0 saturated carbocycles. The molecular weight excluding hydrogens is 868 g/mol. The van der Waals surface area contributed by atoms with Gasteiger partial charge in [-0.2, -0.15) is 0 Å². The van der Waals surface area contributed by atoms with Crippen molar-refractivity contribution in [2.24, 2.45) is 0 Å². The van der Waals surface area contributed by atoms with Crippen LogP contribution in [0, 0.1) is 0 Å². The van der Waals surface area contributed by atoms with Gasteiger partial charge in [-0.3, -0.25) is 14.2 Å². The summed E-state index contributed by atoms with van der Waals surface area (Å²) in [5.74, 6) is -0.570. The van der Waals surface area contributed by atoms with E-state index in [-0.39, 0.29) is 24.9 Å². The van der Waals surface area contributed by atoms with Gasteiger partial charge in [0.05, 0.1) is 33.8 Å². The van der Waals surface area contributed by atoms with Gasteiger partial charge in [-0.1, -0.05) is 217 Å². The molecule has 0 bridgehead atoms. The summed E-state index contributed by atoms with van der Waals surface area (Å²) in [6.07, 6.45) is 59.0. The van der Waals surface area contributed by atoms with Gasteiger partial charge < -0.3 is 28.5 Å². The van der Waals surface area contributed by atoms with Crippen molar-refractivity contribution in [2.75, 3.05) is 40.9 Å². The molecule has 68 heavy (non-hydrogen) atoms. The van der Waals surface area contributed by atoms with E-state index in [9.17, 15) is 19.0 Å². The molecule has 0 aromatic carbocycles. The zero-order valence-electron chi connectivity index (χ0n) is 45.1. The van der Waals surface area contributed by atoms with E-state index in [2.05, 4.69) is 68.6 Å². The van der Waals surface area contributed by atoms with Crippen molar-refractivity contribution in [3.63, 3.8) is 0 Å². The van der Waals surface area contributed by atoms with Crippen molar-refractivity contribution in [1.29, 1.82) is 0 Å². The Hall–Kier alpha value is -2.29. The van der Waals surface area contributed by atoms with E-state index in [1.165, 1.54) is 116 Å². The Morgan fingerprint density at radius 1 is 0.529 bits per heavy atom. The van der Waals surface area contributed by atoms with Crippen molar-refractivity contribution in [3.05, 3.63) is 60.8 Å². The zero-order valence-corrected chi connectivity index (χ0v) is 45.9. The van der Waals surface area contributed by atoms with Crippen LogP contribution in [0.4, 0.5) is 0 Å². The van der Waals surface area contributed by atoms with Gasteiger partial charge in [0.25, 0.3) is 7.82 Å². The molecule has 0 aromatic heterocycles. The highest BCUT2D eigenvalue weighted by Gasteiger charge is 2.27. The second-order valence-electron chi connectivity index (χ2n) is 20.1. The van der Waals surface area contributed by atoms with Crippen molar-refractivity contribution in [1.82, 2.24) is 5.32 Å². The summed E-state index contributed by atoms with van der Waals surface area (Å²) in [6.45, 7) is 6.68. The van der Waals surface area contributed by atoms with Crippen molar-refractivity contribution in [3.8, 4) is 0 Å². The Morgan fingerprint density at radius 2 is 0.956 bits per heavy atom. The molecule has 0 aliphatic carbocycles. The second kappa shape index (κ2) is 48.3. The number of carbonyl (C=O) groups excluding carboxylic acids is 2. The number of hydrogen-bond donors (Lipinski definition) is 1. The van der Waals surface area contributed by atoms with Gasteiger partial charge >= 0.3 is 5.97 Å². The maximum absolute atomic E-state index is 13.5. The number of phosphoric ester groups is 1. The molecule has 0 spiro atoms. The summed E-state index contributed by atoms with van der Waals surface area (Å²) in [4.78, 5) is 39.8. The number of quaternary nitrogens is 1.